The van der Waals surface area contributed by atoms with Gasteiger partial charge in [-0.05, 0) is 12.3 Å². The zero-order valence-electron chi connectivity index (χ0n) is 6.36. The van der Waals surface area contributed by atoms with E-state index in [2.05, 4.69) is 10.1 Å². The number of hydrogen-bond donors (Lipinski definition) is 1. The number of rotatable bonds is 2. The molecular formula is C7H7ClN2OS. The molecule has 0 bridgehead atoms. The molecule has 0 aliphatic carbocycles. The molecule has 1 aromatic rings. The fourth-order valence-corrected chi connectivity index (χ4v) is 1.26. The molecule has 5 heteroatoms. The fraction of sp³-hybridized carbons (Fsp3) is 0.143. The Hall–Kier alpha value is -0.740. The second-order valence-corrected chi connectivity index (χ2v) is 3.23. The van der Waals surface area contributed by atoms with Gasteiger partial charge in [-0.3, -0.25) is 0 Å². The highest BCUT2D eigenvalue weighted by Crippen LogP contribution is 2.18. The van der Waals surface area contributed by atoms with Crippen molar-refractivity contribution in [3.05, 3.63) is 22.8 Å². The first kappa shape index (κ1) is 9.35. The van der Waals surface area contributed by atoms with Gasteiger partial charge in [0.1, 0.15) is 0 Å². The van der Waals surface area contributed by atoms with Crippen LogP contribution in [-0.2, 0) is 0 Å². The lowest BCUT2D eigenvalue weighted by Gasteiger charge is -1.98. The van der Waals surface area contributed by atoms with Crippen molar-refractivity contribution in [1.29, 1.82) is 0 Å². The van der Waals surface area contributed by atoms with Gasteiger partial charge in [0.05, 0.1) is 16.3 Å². The summed E-state index contributed by atoms with van der Waals surface area (Å²) in [6.07, 6.45) is 4.73. The Labute approximate surface area is 79.5 Å². The molecule has 0 aliphatic heterocycles. The van der Waals surface area contributed by atoms with E-state index < -0.39 is 0 Å². The second kappa shape index (κ2) is 4.33. The minimum absolute atomic E-state index is 0.477. The summed E-state index contributed by atoms with van der Waals surface area (Å²) in [4.78, 5) is 4.03. The van der Waals surface area contributed by atoms with E-state index in [4.69, 9.17) is 16.8 Å². The highest BCUT2D eigenvalue weighted by atomic mass is 35.5. The third kappa shape index (κ3) is 2.12. The SMILES string of the molecule is CSc1cc(/C=N/O)c(Cl)cn1. The van der Waals surface area contributed by atoms with Gasteiger partial charge in [-0.2, -0.15) is 0 Å². The Kier molecular flexibility index (Phi) is 3.37. The van der Waals surface area contributed by atoms with E-state index in [0.29, 0.717) is 10.6 Å². The summed E-state index contributed by atoms with van der Waals surface area (Å²) >= 11 is 7.26. The van der Waals surface area contributed by atoms with E-state index in [1.165, 1.54) is 24.2 Å². The maximum atomic E-state index is 8.29. The average Bonchev–Trinajstić information content (AvgIpc) is 2.09. The lowest BCUT2D eigenvalue weighted by Crippen LogP contribution is -1.87. The van der Waals surface area contributed by atoms with Crippen LogP contribution in [-0.4, -0.2) is 22.7 Å². The molecule has 1 aromatic heterocycles. The topological polar surface area (TPSA) is 45.5 Å². The third-order valence-corrected chi connectivity index (χ3v) is 2.22. The maximum absolute atomic E-state index is 8.29. The minimum Gasteiger partial charge on any atom is -0.411 e. The summed E-state index contributed by atoms with van der Waals surface area (Å²) in [7, 11) is 0. The van der Waals surface area contributed by atoms with Crippen LogP contribution in [0.2, 0.25) is 5.02 Å². The van der Waals surface area contributed by atoms with Crippen LogP contribution in [0.3, 0.4) is 0 Å². The number of thioether (sulfide) groups is 1. The molecule has 12 heavy (non-hydrogen) atoms. The van der Waals surface area contributed by atoms with Crippen molar-refractivity contribution in [3.63, 3.8) is 0 Å². The number of hydrogen-bond acceptors (Lipinski definition) is 4. The predicted octanol–water partition coefficient (Wildman–Crippen LogP) is 2.26. The van der Waals surface area contributed by atoms with Gasteiger partial charge in [0.15, 0.2) is 0 Å². The Morgan fingerprint density at radius 1 is 1.75 bits per heavy atom. The van der Waals surface area contributed by atoms with Gasteiger partial charge < -0.3 is 5.21 Å². The van der Waals surface area contributed by atoms with E-state index in [-0.39, 0.29) is 0 Å². The standard InChI is InChI=1S/C7H7ClN2OS/c1-12-7-2-5(3-10-11)6(8)4-9-7/h2-4,11H,1H3/b10-3+. The van der Waals surface area contributed by atoms with Crippen molar-refractivity contribution >= 4 is 29.6 Å². The molecule has 64 valence electrons. The van der Waals surface area contributed by atoms with Crippen molar-refractivity contribution in [3.8, 4) is 0 Å². The number of aromatic nitrogens is 1. The smallest absolute Gasteiger partial charge is 0.0964 e. The van der Waals surface area contributed by atoms with Crippen LogP contribution < -0.4 is 0 Å². The highest BCUT2D eigenvalue weighted by Gasteiger charge is 1.99. The van der Waals surface area contributed by atoms with Gasteiger partial charge >= 0.3 is 0 Å². The summed E-state index contributed by atoms with van der Waals surface area (Å²) < 4.78 is 0. The molecule has 0 aromatic carbocycles. The molecule has 3 nitrogen and oxygen atoms in total. The first-order valence-corrected chi connectivity index (χ1v) is 4.75. The molecule has 0 saturated heterocycles. The normalized spacial score (nSPS) is 10.8. The molecule has 1 N–H and O–H groups in total. The van der Waals surface area contributed by atoms with Crippen molar-refractivity contribution in [1.82, 2.24) is 4.98 Å². The lowest BCUT2D eigenvalue weighted by molar-refractivity contribution is 0.322. The first-order valence-electron chi connectivity index (χ1n) is 3.15. The lowest BCUT2D eigenvalue weighted by atomic mass is 10.3. The summed E-state index contributed by atoms with van der Waals surface area (Å²) in [5.41, 5.74) is 0.665. The minimum atomic E-state index is 0.477. The summed E-state index contributed by atoms with van der Waals surface area (Å²) in [5, 5.41) is 12.5. The number of pyridine rings is 1. The van der Waals surface area contributed by atoms with Gasteiger partial charge in [0.25, 0.3) is 0 Å². The highest BCUT2D eigenvalue weighted by molar-refractivity contribution is 7.98. The maximum Gasteiger partial charge on any atom is 0.0964 e. The Bertz CT molecular complexity index is 303. The van der Waals surface area contributed by atoms with Crippen molar-refractivity contribution < 1.29 is 5.21 Å². The van der Waals surface area contributed by atoms with Gasteiger partial charge in [0, 0.05) is 11.8 Å². The number of nitrogens with zero attached hydrogens (tertiary/aromatic N) is 2. The van der Waals surface area contributed by atoms with Gasteiger partial charge in [-0.1, -0.05) is 16.8 Å². The summed E-state index contributed by atoms with van der Waals surface area (Å²) in [5.74, 6) is 0. The molecule has 0 fully saturated rings. The Morgan fingerprint density at radius 2 is 2.50 bits per heavy atom. The fourth-order valence-electron chi connectivity index (χ4n) is 0.707. The molecule has 0 amide bonds. The predicted molar refractivity (Wildman–Crippen MR) is 50.4 cm³/mol. The van der Waals surface area contributed by atoms with Gasteiger partial charge in [-0.25, -0.2) is 4.98 Å². The monoisotopic (exact) mass is 202 g/mol. The number of oxime groups is 1. The van der Waals surface area contributed by atoms with Crippen LogP contribution >= 0.6 is 23.4 Å². The van der Waals surface area contributed by atoms with Crippen LogP contribution in [0.1, 0.15) is 5.56 Å². The molecule has 0 saturated carbocycles. The largest absolute Gasteiger partial charge is 0.411 e. The van der Waals surface area contributed by atoms with E-state index in [9.17, 15) is 0 Å². The quantitative estimate of drug-likeness (QED) is 0.346. The molecule has 0 radical (unpaired) electrons. The van der Waals surface area contributed by atoms with Crippen LogP contribution in [0.5, 0.6) is 0 Å². The zero-order chi connectivity index (χ0) is 8.97. The summed E-state index contributed by atoms with van der Waals surface area (Å²) in [6, 6.07) is 1.76. The molecule has 1 heterocycles. The molecule has 0 aliphatic rings. The first-order chi connectivity index (χ1) is 5.77. The van der Waals surface area contributed by atoms with Crippen LogP contribution in [0, 0.1) is 0 Å². The molecule has 0 spiro atoms. The van der Waals surface area contributed by atoms with Crippen molar-refractivity contribution in [2.24, 2.45) is 5.16 Å². The van der Waals surface area contributed by atoms with Gasteiger partial charge in [-0.15, -0.1) is 11.8 Å². The van der Waals surface area contributed by atoms with Crippen LogP contribution in [0.25, 0.3) is 0 Å². The second-order valence-electron chi connectivity index (χ2n) is 1.99. The van der Waals surface area contributed by atoms with E-state index >= 15 is 0 Å². The molecule has 0 unspecified atom stereocenters. The van der Waals surface area contributed by atoms with Crippen molar-refractivity contribution in [2.75, 3.05) is 6.26 Å². The van der Waals surface area contributed by atoms with Gasteiger partial charge in [0.2, 0.25) is 0 Å². The van der Waals surface area contributed by atoms with E-state index in [1.54, 1.807) is 6.07 Å². The third-order valence-electron chi connectivity index (χ3n) is 1.27. The Balaban J connectivity index is 3.08. The molecule has 0 atom stereocenters. The zero-order valence-corrected chi connectivity index (χ0v) is 7.93. The van der Waals surface area contributed by atoms with Crippen molar-refractivity contribution in [2.45, 2.75) is 5.03 Å². The Morgan fingerprint density at radius 3 is 3.08 bits per heavy atom. The number of halogens is 1. The summed E-state index contributed by atoms with van der Waals surface area (Å²) in [6.45, 7) is 0. The van der Waals surface area contributed by atoms with Crippen LogP contribution in [0.15, 0.2) is 22.4 Å². The van der Waals surface area contributed by atoms with E-state index in [1.807, 2.05) is 6.26 Å². The van der Waals surface area contributed by atoms with E-state index in [0.717, 1.165) is 5.03 Å². The molecule has 1 rings (SSSR count). The molecular weight excluding hydrogens is 196 g/mol. The van der Waals surface area contributed by atoms with Crippen LogP contribution in [0.4, 0.5) is 0 Å². The average molecular weight is 203 g/mol.